The molecule has 0 aromatic heterocycles. The van der Waals surface area contributed by atoms with Gasteiger partial charge >= 0.3 is 5.97 Å². The molecule has 3 rings (SSSR count). The third kappa shape index (κ3) is 11.5. The zero-order valence-corrected chi connectivity index (χ0v) is 20.4. The van der Waals surface area contributed by atoms with E-state index in [1.54, 1.807) is 6.92 Å². The van der Waals surface area contributed by atoms with Crippen molar-refractivity contribution in [2.75, 3.05) is 0 Å². The number of rotatable bonds is 5. The number of carbonyl (C=O) groups excluding carboxylic acids is 1. The van der Waals surface area contributed by atoms with Crippen LogP contribution in [0.15, 0.2) is 110 Å². The number of ether oxygens (including phenoxy) is 1. The first-order valence-corrected chi connectivity index (χ1v) is 10.9. The lowest BCUT2D eigenvalue weighted by molar-refractivity contribution is -0.140. The zero-order chi connectivity index (χ0) is 24.7. The van der Waals surface area contributed by atoms with E-state index in [9.17, 15) is 4.79 Å². The van der Waals surface area contributed by atoms with E-state index in [2.05, 4.69) is 64.8 Å². The summed E-state index contributed by atoms with van der Waals surface area (Å²) in [5, 5.41) is 0. The van der Waals surface area contributed by atoms with Crippen LogP contribution in [0.2, 0.25) is 0 Å². The van der Waals surface area contributed by atoms with Gasteiger partial charge in [-0.15, -0.1) is 0 Å². The third-order valence-electron chi connectivity index (χ3n) is 4.61. The molecule has 0 saturated heterocycles. The van der Waals surface area contributed by atoms with Gasteiger partial charge in [0.15, 0.2) is 0 Å². The Hall–Kier alpha value is -3.65. The topological polar surface area (TPSA) is 26.3 Å². The molecule has 0 spiro atoms. The van der Waals surface area contributed by atoms with Gasteiger partial charge in [-0.1, -0.05) is 138 Å². The Kier molecular flexibility index (Phi) is 12.0. The molecule has 0 unspecified atom stereocenters. The SMILES string of the molecule is C=C(C)C(=O)OCc1ccccc1.C=Cc1ccc(C(C)(C)C)cc1.C=Cc1ccccc1. The lowest BCUT2D eigenvalue weighted by atomic mass is 9.87. The summed E-state index contributed by atoms with van der Waals surface area (Å²) in [6, 6.07) is 28.1. The van der Waals surface area contributed by atoms with Crippen LogP contribution in [-0.4, -0.2) is 5.97 Å². The van der Waals surface area contributed by atoms with E-state index < -0.39 is 0 Å². The smallest absolute Gasteiger partial charge is 0.333 e. The second kappa shape index (κ2) is 14.4. The minimum Gasteiger partial charge on any atom is -0.457 e. The van der Waals surface area contributed by atoms with Crippen molar-refractivity contribution < 1.29 is 9.53 Å². The monoisotopic (exact) mass is 440 g/mol. The van der Waals surface area contributed by atoms with Crippen LogP contribution in [0, 0.1) is 0 Å². The molecule has 0 fully saturated rings. The van der Waals surface area contributed by atoms with Gasteiger partial charge in [0, 0.05) is 5.57 Å². The van der Waals surface area contributed by atoms with Crippen LogP contribution in [0.1, 0.15) is 49.9 Å². The van der Waals surface area contributed by atoms with E-state index in [-0.39, 0.29) is 11.4 Å². The van der Waals surface area contributed by atoms with Gasteiger partial charge in [0.1, 0.15) is 6.61 Å². The van der Waals surface area contributed by atoms with Crippen molar-refractivity contribution in [2.24, 2.45) is 0 Å². The Bertz CT molecular complexity index is 992. The summed E-state index contributed by atoms with van der Waals surface area (Å²) in [4.78, 5) is 11.0. The molecule has 0 aliphatic heterocycles. The van der Waals surface area contributed by atoms with Crippen LogP contribution < -0.4 is 0 Å². The molecule has 172 valence electrons. The summed E-state index contributed by atoms with van der Waals surface area (Å²) in [6.45, 7) is 19.4. The summed E-state index contributed by atoms with van der Waals surface area (Å²) in [7, 11) is 0. The predicted molar refractivity (Wildman–Crippen MR) is 143 cm³/mol. The summed E-state index contributed by atoms with van der Waals surface area (Å²) in [6.07, 6.45) is 3.70. The molecule has 3 aromatic carbocycles. The highest BCUT2D eigenvalue weighted by atomic mass is 16.5. The predicted octanol–water partition coefficient (Wildman–Crippen LogP) is 8.26. The number of benzene rings is 3. The number of esters is 1. The first-order valence-electron chi connectivity index (χ1n) is 10.9. The highest BCUT2D eigenvalue weighted by molar-refractivity contribution is 5.86. The highest BCUT2D eigenvalue weighted by Gasteiger charge is 2.12. The van der Waals surface area contributed by atoms with Crippen molar-refractivity contribution in [2.45, 2.75) is 39.7 Å². The van der Waals surface area contributed by atoms with Gasteiger partial charge in [-0.05, 0) is 34.6 Å². The number of carbonyl (C=O) groups is 1. The summed E-state index contributed by atoms with van der Waals surface area (Å²) >= 11 is 0. The van der Waals surface area contributed by atoms with Gasteiger partial charge in [0.05, 0.1) is 0 Å². The van der Waals surface area contributed by atoms with Gasteiger partial charge in [-0.25, -0.2) is 4.79 Å². The summed E-state index contributed by atoms with van der Waals surface area (Å²) in [5.41, 5.74) is 5.39. The van der Waals surface area contributed by atoms with Crippen molar-refractivity contribution in [3.8, 4) is 0 Å². The zero-order valence-electron chi connectivity index (χ0n) is 20.4. The van der Waals surface area contributed by atoms with Gasteiger partial charge in [-0.3, -0.25) is 0 Å². The van der Waals surface area contributed by atoms with Crippen LogP contribution in [0.5, 0.6) is 0 Å². The molecule has 0 bridgehead atoms. The van der Waals surface area contributed by atoms with E-state index in [4.69, 9.17) is 4.74 Å². The molecule has 0 amide bonds. The fraction of sp³-hybridized carbons (Fsp3) is 0.194. The molecule has 0 heterocycles. The lowest BCUT2D eigenvalue weighted by Gasteiger charge is -2.18. The fourth-order valence-corrected chi connectivity index (χ4v) is 2.55. The van der Waals surface area contributed by atoms with E-state index in [0.717, 1.165) is 5.56 Å². The van der Waals surface area contributed by atoms with Crippen molar-refractivity contribution >= 4 is 18.1 Å². The molecular formula is C31H36O2. The Morgan fingerprint density at radius 3 is 1.64 bits per heavy atom. The van der Waals surface area contributed by atoms with Crippen LogP contribution in [0.3, 0.4) is 0 Å². The van der Waals surface area contributed by atoms with Gasteiger partial charge in [0.25, 0.3) is 0 Å². The average Bonchev–Trinajstić information content (AvgIpc) is 2.84. The van der Waals surface area contributed by atoms with Crippen molar-refractivity contribution in [3.63, 3.8) is 0 Å². The maximum Gasteiger partial charge on any atom is 0.333 e. The lowest BCUT2D eigenvalue weighted by Crippen LogP contribution is -2.10. The Morgan fingerprint density at radius 1 is 0.788 bits per heavy atom. The molecule has 2 heteroatoms. The van der Waals surface area contributed by atoms with E-state index in [0.29, 0.717) is 12.2 Å². The average molecular weight is 441 g/mol. The number of hydrogen-bond donors (Lipinski definition) is 0. The fourth-order valence-electron chi connectivity index (χ4n) is 2.55. The Balaban J connectivity index is 0.000000254. The highest BCUT2D eigenvalue weighted by Crippen LogP contribution is 2.22. The standard InChI is InChI=1S/C12H16.C11H12O2.C8H8/c1-5-10-6-8-11(9-7-10)12(2,3)4;1-9(2)11(12)13-8-10-6-4-3-5-7-10;1-2-8-6-4-3-5-7-8/h5-9H,1H2,2-4H3;3-7H,1,8H2,2H3;2-7H,1H2. The summed E-state index contributed by atoms with van der Waals surface area (Å²) in [5.74, 6) is -0.344. The molecule has 0 radical (unpaired) electrons. The van der Waals surface area contributed by atoms with Gasteiger partial charge in [0.2, 0.25) is 0 Å². The maximum atomic E-state index is 11.0. The first kappa shape index (κ1) is 27.4. The molecule has 0 aliphatic rings. The number of hydrogen-bond acceptors (Lipinski definition) is 2. The second-order valence-electron chi connectivity index (χ2n) is 8.53. The second-order valence-corrected chi connectivity index (χ2v) is 8.53. The van der Waals surface area contributed by atoms with Crippen molar-refractivity contribution in [1.29, 1.82) is 0 Å². The molecule has 3 aromatic rings. The van der Waals surface area contributed by atoms with Crippen LogP contribution >= 0.6 is 0 Å². The quantitative estimate of drug-likeness (QED) is 0.295. The normalized spacial score (nSPS) is 9.82. The molecule has 2 nitrogen and oxygen atoms in total. The minimum absolute atomic E-state index is 0.250. The minimum atomic E-state index is -0.344. The van der Waals surface area contributed by atoms with Crippen LogP contribution in [0.4, 0.5) is 0 Å². The van der Waals surface area contributed by atoms with E-state index in [1.165, 1.54) is 16.7 Å². The van der Waals surface area contributed by atoms with Gasteiger partial charge in [-0.2, -0.15) is 0 Å². The molecule has 0 atom stereocenters. The molecule has 33 heavy (non-hydrogen) atoms. The maximum absolute atomic E-state index is 11.0. The van der Waals surface area contributed by atoms with Gasteiger partial charge < -0.3 is 4.74 Å². The van der Waals surface area contributed by atoms with E-state index >= 15 is 0 Å². The largest absolute Gasteiger partial charge is 0.457 e. The third-order valence-corrected chi connectivity index (χ3v) is 4.61. The molecule has 0 saturated carbocycles. The van der Waals surface area contributed by atoms with Crippen molar-refractivity contribution in [1.82, 2.24) is 0 Å². The Morgan fingerprint density at radius 2 is 1.24 bits per heavy atom. The van der Waals surface area contributed by atoms with Crippen LogP contribution in [-0.2, 0) is 21.6 Å². The molecule has 0 aliphatic carbocycles. The van der Waals surface area contributed by atoms with Crippen LogP contribution in [0.25, 0.3) is 12.2 Å². The summed E-state index contributed by atoms with van der Waals surface area (Å²) < 4.78 is 4.95. The Labute approximate surface area is 200 Å². The van der Waals surface area contributed by atoms with E-state index in [1.807, 2.05) is 72.8 Å². The molecule has 0 N–H and O–H groups in total. The first-order chi connectivity index (χ1) is 15.7. The molecular weight excluding hydrogens is 404 g/mol. The van der Waals surface area contributed by atoms with Crippen molar-refractivity contribution in [3.05, 3.63) is 132 Å².